The van der Waals surface area contributed by atoms with Crippen LogP contribution in [-0.4, -0.2) is 0 Å². The van der Waals surface area contributed by atoms with E-state index in [0.717, 1.165) is 10.2 Å². The average molecular weight is 369 g/mol. The van der Waals surface area contributed by atoms with E-state index in [4.69, 9.17) is 5.73 Å². The summed E-state index contributed by atoms with van der Waals surface area (Å²) < 4.78 is 2.32. The van der Waals surface area contributed by atoms with Gasteiger partial charge in [0.05, 0.1) is 7.57 Å². The van der Waals surface area contributed by atoms with Gasteiger partial charge in [-0.3, -0.25) is 0 Å². The number of rotatable bonds is 7. The summed E-state index contributed by atoms with van der Waals surface area (Å²) in [4.78, 5) is 0. The molecule has 1 rings (SSSR count). The Morgan fingerprint density at radius 2 is 1.94 bits per heavy atom. The predicted molar refractivity (Wildman–Crippen MR) is 80.0 cm³/mol. The van der Waals surface area contributed by atoms with Crippen molar-refractivity contribution in [1.29, 1.82) is 0 Å². The monoisotopic (exact) mass is 367 g/mol. The van der Waals surface area contributed by atoms with E-state index in [2.05, 4.69) is 44.8 Å². The zero-order valence-corrected chi connectivity index (χ0v) is 13.6. The summed E-state index contributed by atoms with van der Waals surface area (Å²) in [6, 6.07) is 2.31. The number of hydrogen-bond acceptors (Lipinski definition) is 2. The molecule has 0 spiro atoms. The Labute approximate surface area is 119 Å². The van der Waals surface area contributed by atoms with Gasteiger partial charge in [0, 0.05) is 6.04 Å². The molecule has 0 amide bonds. The molecule has 92 valence electrons. The van der Waals surface area contributed by atoms with E-state index in [1.54, 1.807) is 11.3 Å². The van der Waals surface area contributed by atoms with E-state index in [9.17, 15) is 0 Å². The molecule has 0 fully saturated rings. The highest BCUT2D eigenvalue weighted by molar-refractivity contribution is 9.12. The van der Waals surface area contributed by atoms with Gasteiger partial charge in [-0.1, -0.05) is 39.0 Å². The first-order valence-electron chi connectivity index (χ1n) is 5.85. The van der Waals surface area contributed by atoms with Crippen LogP contribution in [0, 0.1) is 0 Å². The molecule has 0 aliphatic carbocycles. The van der Waals surface area contributed by atoms with E-state index >= 15 is 0 Å². The van der Waals surface area contributed by atoms with Crippen molar-refractivity contribution in [2.45, 2.75) is 51.5 Å². The van der Waals surface area contributed by atoms with E-state index in [1.165, 1.54) is 41.5 Å². The van der Waals surface area contributed by atoms with Crippen molar-refractivity contribution in [2.75, 3.05) is 0 Å². The Balaban J connectivity index is 2.29. The highest BCUT2D eigenvalue weighted by Gasteiger charge is 2.12. The Kier molecular flexibility index (Phi) is 7.20. The summed E-state index contributed by atoms with van der Waals surface area (Å²) in [5, 5.41) is 0. The molecule has 1 nitrogen and oxygen atoms in total. The van der Waals surface area contributed by atoms with Gasteiger partial charge in [-0.15, -0.1) is 11.3 Å². The summed E-state index contributed by atoms with van der Waals surface area (Å²) >= 11 is 8.74. The second-order valence-electron chi connectivity index (χ2n) is 4.09. The first-order chi connectivity index (χ1) is 7.65. The zero-order valence-electron chi connectivity index (χ0n) is 9.64. The van der Waals surface area contributed by atoms with Crippen LogP contribution in [0.2, 0.25) is 0 Å². The van der Waals surface area contributed by atoms with Crippen LogP contribution in [0.4, 0.5) is 0 Å². The van der Waals surface area contributed by atoms with Crippen molar-refractivity contribution in [3.05, 3.63) is 19.2 Å². The molecule has 2 N–H and O–H groups in total. The van der Waals surface area contributed by atoms with Crippen molar-refractivity contribution < 1.29 is 0 Å². The third-order valence-electron chi connectivity index (χ3n) is 2.70. The van der Waals surface area contributed by atoms with Gasteiger partial charge in [0.2, 0.25) is 0 Å². The number of thiophene rings is 1. The number of nitrogens with two attached hydrogens (primary N) is 1. The van der Waals surface area contributed by atoms with Gasteiger partial charge in [-0.05, 0) is 49.9 Å². The lowest BCUT2D eigenvalue weighted by Crippen LogP contribution is -2.09. The van der Waals surface area contributed by atoms with Gasteiger partial charge in [-0.25, -0.2) is 0 Å². The first-order valence-corrected chi connectivity index (χ1v) is 8.25. The minimum absolute atomic E-state index is 0.179. The second kappa shape index (κ2) is 7.85. The SMILES string of the molecule is CCCCCCCC(N)c1cc(Br)sc1Br. The molecule has 0 aliphatic heterocycles. The highest BCUT2D eigenvalue weighted by atomic mass is 79.9. The van der Waals surface area contributed by atoms with Gasteiger partial charge in [-0.2, -0.15) is 0 Å². The summed E-state index contributed by atoms with van der Waals surface area (Å²) in [5.74, 6) is 0. The molecule has 0 aromatic carbocycles. The fourth-order valence-electron chi connectivity index (χ4n) is 1.73. The van der Waals surface area contributed by atoms with Crippen LogP contribution < -0.4 is 5.73 Å². The zero-order chi connectivity index (χ0) is 12.0. The Hall–Kier alpha value is 0.620. The molecule has 0 bridgehead atoms. The van der Waals surface area contributed by atoms with E-state index in [1.807, 2.05) is 0 Å². The Morgan fingerprint density at radius 3 is 2.50 bits per heavy atom. The lowest BCUT2D eigenvalue weighted by Gasteiger charge is -2.10. The fourth-order valence-corrected chi connectivity index (χ4v) is 4.73. The second-order valence-corrected chi connectivity index (χ2v) is 7.84. The molecule has 1 unspecified atom stereocenters. The summed E-state index contributed by atoms with van der Waals surface area (Å²) in [5.41, 5.74) is 7.42. The topological polar surface area (TPSA) is 26.0 Å². The number of hydrogen-bond donors (Lipinski definition) is 1. The van der Waals surface area contributed by atoms with Gasteiger partial charge in [0.25, 0.3) is 0 Å². The van der Waals surface area contributed by atoms with Crippen molar-refractivity contribution in [2.24, 2.45) is 5.73 Å². The fraction of sp³-hybridized carbons (Fsp3) is 0.667. The third kappa shape index (κ3) is 4.86. The Bertz CT molecular complexity index is 312. The van der Waals surface area contributed by atoms with Crippen LogP contribution in [-0.2, 0) is 0 Å². The maximum absolute atomic E-state index is 6.18. The average Bonchev–Trinajstić information content (AvgIpc) is 2.57. The molecular formula is C12H19Br2NS. The van der Waals surface area contributed by atoms with Gasteiger partial charge < -0.3 is 5.73 Å². The maximum atomic E-state index is 6.18. The van der Waals surface area contributed by atoms with E-state index < -0.39 is 0 Å². The van der Waals surface area contributed by atoms with Gasteiger partial charge in [0.15, 0.2) is 0 Å². The van der Waals surface area contributed by atoms with Crippen molar-refractivity contribution in [3.63, 3.8) is 0 Å². The maximum Gasteiger partial charge on any atom is 0.0758 e. The minimum atomic E-state index is 0.179. The molecule has 1 heterocycles. The molecule has 0 saturated heterocycles. The van der Waals surface area contributed by atoms with Crippen LogP contribution in [0.5, 0.6) is 0 Å². The largest absolute Gasteiger partial charge is 0.324 e. The molecule has 1 atom stereocenters. The smallest absolute Gasteiger partial charge is 0.0758 e. The molecule has 16 heavy (non-hydrogen) atoms. The lowest BCUT2D eigenvalue weighted by molar-refractivity contribution is 0.555. The van der Waals surface area contributed by atoms with Crippen LogP contribution in [0.1, 0.15) is 57.1 Å². The van der Waals surface area contributed by atoms with Crippen molar-refractivity contribution in [1.82, 2.24) is 0 Å². The van der Waals surface area contributed by atoms with Crippen LogP contribution >= 0.6 is 43.2 Å². The number of unbranched alkanes of at least 4 members (excludes halogenated alkanes) is 4. The summed E-state index contributed by atoms with van der Waals surface area (Å²) in [7, 11) is 0. The predicted octanol–water partition coefficient (Wildman–Crippen LogP) is 5.63. The van der Waals surface area contributed by atoms with Crippen LogP contribution in [0.3, 0.4) is 0 Å². The third-order valence-corrected chi connectivity index (χ3v) is 5.09. The lowest BCUT2D eigenvalue weighted by atomic mass is 10.0. The summed E-state index contributed by atoms with van der Waals surface area (Å²) in [6.45, 7) is 2.24. The summed E-state index contributed by atoms with van der Waals surface area (Å²) in [6.07, 6.45) is 7.63. The normalized spacial score (nSPS) is 13.0. The van der Waals surface area contributed by atoms with Crippen LogP contribution in [0.25, 0.3) is 0 Å². The van der Waals surface area contributed by atoms with Gasteiger partial charge in [0.1, 0.15) is 0 Å². The molecular weight excluding hydrogens is 350 g/mol. The quantitative estimate of drug-likeness (QED) is 0.619. The molecule has 0 aliphatic rings. The molecule has 1 aromatic heterocycles. The van der Waals surface area contributed by atoms with Crippen LogP contribution in [0.15, 0.2) is 13.6 Å². The number of halogens is 2. The van der Waals surface area contributed by atoms with Crippen molar-refractivity contribution >= 4 is 43.2 Å². The van der Waals surface area contributed by atoms with Crippen molar-refractivity contribution in [3.8, 4) is 0 Å². The van der Waals surface area contributed by atoms with E-state index in [0.29, 0.717) is 0 Å². The highest BCUT2D eigenvalue weighted by Crippen LogP contribution is 2.36. The minimum Gasteiger partial charge on any atom is -0.324 e. The molecule has 0 radical (unpaired) electrons. The first kappa shape index (κ1) is 14.7. The standard InChI is InChI=1S/C12H19Br2NS/c1-2-3-4-5-6-7-10(15)9-8-11(13)16-12(9)14/h8,10H,2-7,15H2,1H3. The molecule has 0 saturated carbocycles. The Morgan fingerprint density at radius 1 is 1.25 bits per heavy atom. The van der Waals surface area contributed by atoms with E-state index in [-0.39, 0.29) is 6.04 Å². The van der Waals surface area contributed by atoms with Gasteiger partial charge >= 0.3 is 0 Å². The molecule has 1 aromatic rings. The molecule has 4 heteroatoms.